The molecule has 66 heavy (non-hydrogen) atoms. The van der Waals surface area contributed by atoms with Crippen LogP contribution in [0, 0.1) is 0 Å². The Kier molecular flexibility index (Phi) is 53.7. The van der Waals surface area contributed by atoms with Gasteiger partial charge in [-0.15, -0.1) is 0 Å². The highest BCUT2D eigenvalue weighted by atomic mass is 16.6. The van der Waals surface area contributed by atoms with Crippen molar-refractivity contribution in [2.45, 2.75) is 329 Å². The molecule has 0 aliphatic rings. The number of esters is 3. The van der Waals surface area contributed by atoms with Gasteiger partial charge in [-0.2, -0.15) is 0 Å². The third kappa shape index (κ3) is 52.9. The Morgan fingerprint density at radius 2 is 0.515 bits per heavy atom. The van der Waals surface area contributed by atoms with Crippen LogP contribution in [0.1, 0.15) is 323 Å². The van der Waals surface area contributed by atoms with E-state index in [4.69, 9.17) is 14.2 Å². The van der Waals surface area contributed by atoms with Crippen molar-refractivity contribution in [3.05, 3.63) is 24.3 Å². The van der Waals surface area contributed by atoms with Gasteiger partial charge >= 0.3 is 17.9 Å². The molecular formula is C60H112O6. The van der Waals surface area contributed by atoms with Crippen LogP contribution in [0.2, 0.25) is 0 Å². The lowest BCUT2D eigenvalue weighted by molar-refractivity contribution is -0.167. The van der Waals surface area contributed by atoms with Crippen molar-refractivity contribution < 1.29 is 28.6 Å². The fraction of sp³-hybridized carbons (Fsp3) is 0.883. The summed E-state index contributed by atoms with van der Waals surface area (Å²) < 4.78 is 16.9. The van der Waals surface area contributed by atoms with Crippen LogP contribution in [0.15, 0.2) is 24.3 Å². The predicted octanol–water partition coefficient (Wildman–Crippen LogP) is 19.5. The van der Waals surface area contributed by atoms with E-state index in [1.807, 2.05) is 0 Å². The summed E-state index contributed by atoms with van der Waals surface area (Å²) in [5.74, 6) is -0.866. The molecule has 0 saturated carbocycles. The van der Waals surface area contributed by atoms with Crippen molar-refractivity contribution >= 4 is 17.9 Å². The number of rotatable bonds is 54. The lowest BCUT2D eigenvalue weighted by Gasteiger charge is -2.18. The average Bonchev–Trinajstić information content (AvgIpc) is 3.31. The highest BCUT2D eigenvalue weighted by molar-refractivity contribution is 5.71. The average molecular weight is 930 g/mol. The molecule has 0 aliphatic carbocycles. The lowest BCUT2D eigenvalue weighted by Crippen LogP contribution is -2.30. The van der Waals surface area contributed by atoms with E-state index in [1.54, 1.807) is 0 Å². The van der Waals surface area contributed by atoms with Crippen molar-refractivity contribution in [3.63, 3.8) is 0 Å². The van der Waals surface area contributed by atoms with Gasteiger partial charge in [-0.05, 0) is 64.2 Å². The van der Waals surface area contributed by atoms with Crippen LogP contribution in [0.25, 0.3) is 0 Å². The first kappa shape index (κ1) is 63.9. The molecule has 6 heteroatoms. The first-order valence-electron chi connectivity index (χ1n) is 29.3. The predicted molar refractivity (Wildman–Crippen MR) is 284 cm³/mol. The lowest BCUT2D eigenvalue weighted by atomic mass is 10.0. The molecule has 0 amide bonds. The van der Waals surface area contributed by atoms with Gasteiger partial charge in [-0.1, -0.05) is 263 Å². The number of allylic oxidation sites excluding steroid dienone is 4. The number of unbranched alkanes of at least 4 members (excludes halogenated alkanes) is 39. The molecule has 0 radical (unpaired) electrons. The van der Waals surface area contributed by atoms with Gasteiger partial charge in [0.25, 0.3) is 0 Å². The van der Waals surface area contributed by atoms with Crippen LogP contribution < -0.4 is 0 Å². The second-order valence-electron chi connectivity index (χ2n) is 19.9. The molecule has 388 valence electrons. The summed E-state index contributed by atoms with van der Waals surface area (Å²) in [6.45, 7) is 6.64. The number of carbonyl (C=O) groups is 3. The Hall–Kier alpha value is -2.11. The first-order chi connectivity index (χ1) is 32.5. The SMILES string of the molecule is CCCC/C=C\CCCCCCCC(=O)OCC(COC(=O)CCCCCCCCCCCCCCCCCCCCCC)OC(=O)CCCCCCCCC/C=C\CCCCCCCC. The molecule has 0 N–H and O–H groups in total. The summed E-state index contributed by atoms with van der Waals surface area (Å²) in [5, 5.41) is 0. The Balaban J connectivity index is 4.27. The van der Waals surface area contributed by atoms with Crippen molar-refractivity contribution in [2.24, 2.45) is 0 Å². The maximum absolute atomic E-state index is 12.8. The number of carbonyl (C=O) groups excluding carboxylic acids is 3. The molecule has 0 heterocycles. The highest BCUT2D eigenvalue weighted by Crippen LogP contribution is 2.17. The molecule has 0 aliphatic heterocycles. The van der Waals surface area contributed by atoms with E-state index in [2.05, 4.69) is 45.1 Å². The van der Waals surface area contributed by atoms with Crippen LogP contribution in [0.5, 0.6) is 0 Å². The minimum absolute atomic E-state index is 0.0713. The maximum atomic E-state index is 12.8. The van der Waals surface area contributed by atoms with Crippen LogP contribution in [0.4, 0.5) is 0 Å². The van der Waals surface area contributed by atoms with E-state index in [0.717, 1.165) is 64.2 Å². The van der Waals surface area contributed by atoms with Gasteiger partial charge < -0.3 is 14.2 Å². The summed E-state index contributed by atoms with van der Waals surface area (Å²) in [6.07, 6.45) is 64.6. The summed E-state index contributed by atoms with van der Waals surface area (Å²) in [7, 11) is 0. The third-order valence-electron chi connectivity index (χ3n) is 13.2. The molecule has 0 aromatic heterocycles. The quantitative estimate of drug-likeness (QED) is 0.0262. The fourth-order valence-corrected chi connectivity index (χ4v) is 8.71. The van der Waals surface area contributed by atoms with Gasteiger partial charge in [-0.25, -0.2) is 0 Å². The molecule has 0 bridgehead atoms. The van der Waals surface area contributed by atoms with Gasteiger partial charge in [0.05, 0.1) is 0 Å². The van der Waals surface area contributed by atoms with Crippen LogP contribution in [-0.2, 0) is 28.6 Å². The minimum atomic E-state index is -0.773. The van der Waals surface area contributed by atoms with E-state index in [-0.39, 0.29) is 31.1 Å². The molecule has 1 atom stereocenters. The Bertz CT molecular complexity index is 1070. The second kappa shape index (κ2) is 55.5. The minimum Gasteiger partial charge on any atom is -0.462 e. The largest absolute Gasteiger partial charge is 0.462 e. The molecular weight excluding hydrogens is 817 g/mol. The Morgan fingerprint density at radius 3 is 0.803 bits per heavy atom. The van der Waals surface area contributed by atoms with E-state index >= 15 is 0 Å². The van der Waals surface area contributed by atoms with Gasteiger partial charge in [0.15, 0.2) is 6.10 Å². The van der Waals surface area contributed by atoms with E-state index in [9.17, 15) is 14.4 Å². The fourth-order valence-electron chi connectivity index (χ4n) is 8.71. The highest BCUT2D eigenvalue weighted by Gasteiger charge is 2.19. The van der Waals surface area contributed by atoms with E-state index in [0.29, 0.717) is 19.3 Å². The van der Waals surface area contributed by atoms with E-state index in [1.165, 1.54) is 218 Å². The van der Waals surface area contributed by atoms with Gasteiger partial charge in [-0.3, -0.25) is 14.4 Å². The molecule has 0 aromatic carbocycles. The molecule has 0 fully saturated rings. The molecule has 0 rings (SSSR count). The molecule has 0 spiro atoms. The molecule has 0 aromatic rings. The summed E-state index contributed by atoms with van der Waals surface area (Å²) in [5.41, 5.74) is 0. The third-order valence-corrected chi connectivity index (χ3v) is 13.2. The van der Waals surface area contributed by atoms with Crippen LogP contribution in [-0.4, -0.2) is 37.2 Å². The van der Waals surface area contributed by atoms with Crippen molar-refractivity contribution in [3.8, 4) is 0 Å². The Morgan fingerprint density at radius 1 is 0.288 bits per heavy atom. The van der Waals surface area contributed by atoms with Gasteiger partial charge in [0, 0.05) is 19.3 Å². The smallest absolute Gasteiger partial charge is 0.306 e. The topological polar surface area (TPSA) is 78.9 Å². The van der Waals surface area contributed by atoms with E-state index < -0.39 is 6.10 Å². The normalized spacial score (nSPS) is 12.1. The van der Waals surface area contributed by atoms with Crippen LogP contribution in [0.3, 0.4) is 0 Å². The number of ether oxygens (including phenoxy) is 3. The second-order valence-corrected chi connectivity index (χ2v) is 19.9. The number of hydrogen-bond acceptors (Lipinski definition) is 6. The van der Waals surface area contributed by atoms with Gasteiger partial charge in [0.1, 0.15) is 13.2 Å². The maximum Gasteiger partial charge on any atom is 0.306 e. The monoisotopic (exact) mass is 929 g/mol. The summed E-state index contributed by atoms with van der Waals surface area (Å²) >= 11 is 0. The van der Waals surface area contributed by atoms with Crippen molar-refractivity contribution in [1.82, 2.24) is 0 Å². The summed E-state index contributed by atoms with van der Waals surface area (Å²) in [4.78, 5) is 38.1. The Labute approximate surface area is 411 Å². The van der Waals surface area contributed by atoms with Crippen LogP contribution >= 0.6 is 0 Å². The van der Waals surface area contributed by atoms with Gasteiger partial charge in [0.2, 0.25) is 0 Å². The zero-order valence-corrected chi connectivity index (χ0v) is 44.5. The molecule has 0 saturated heterocycles. The van der Waals surface area contributed by atoms with Crippen molar-refractivity contribution in [1.29, 1.82) is 0 Å². The summed E-state index contributed by atoms with van der Waals surface area (Å²) in [6, 6.07) is 0. The standard InChI is InChI=1S/C60H112O6/c1-4-7-10-13-16-19-22-24-26-28-29-30-32-33-35-38-41-44-47-50-53-59(62)65-56-57(55-64-58(61)52-49-46-43-40-37-21-18-15-12-9-6-3)66-60(63)54-51-48-45-42-39-36-34-31-27-25-23-20-17-14-11-8-5-2/h15,18,25,27,57H,4-14,16-17,19-24,26,28-56H2,1-3H3/b18-15-,27-25-. The zero-order valence-electron chi connectivity index (χ0n) is 44.5. The van der Waals surface area contributed by atoms with Crippen molar-refractivity contribution in [2.75, 3.05) is 13.2 Å². The molecule has 1 unspecified atom stereocenters. The number of hydrogen-bond donors (Lipinski definition) is 0. The molecule has 6 nitrogen and oxygen atoms in total. The zero-order chi connectivity index (χ0) is 47.9. The first-order valence-corrected chi connectivity index (χ1v) is 29.3.